The molecule has 1 atom stereocenters. The number of aromatic nitrogens is 2. The molecular formula is C16H20ClN5O2S. The number of nitrogens with one attached hydrogen (secondary N) is 1. The van der Waals surface area contributed by atoms with Crippen LogP contribution in [0.1, 0.15) is 30.9 Å². The summed E-state index contributed by atoms with van der Waals surface area (Å²) in [5, 5.41) is 9.47. The lowest BCUT2D eigenvalue weighted by atomic mass is 9.91. The van der Waals surface area contributed by atoms with Gasteiger partial charge in [0, 0.05) is 41.9 Å². The van der Waals surface area contributed by atoms with Crippen LogP contribution in [0.4, 0.5) is 0 Å². The Morgan fingerprint density at radius 2 is 2.08 bits per heavy atom. The molecule has 3 heterocycles. The van der Waals surface area contributed by atoms with Crippen LogP contribution >= 0.6 is 11.6 Å². The number of nitrogens with zero attached hydrogens (tertiary/aromatic N) is 4. The molecule has 1 aliphatic carbocycles. The number of hydrazone groups is 1. The van der Waals surface area contributed by atoms with Crippen LogP contribution in [0.2, 0.25) is 0 Å². The summed E-state index contributed by atoms with van der Waals surface area (Å²) in [5.74, 6) is 0. The summed E-state index contributed by atoms with van der Waals surface area (Å²) in [7, 11) is -3.11. The highest BCUT2D eigenvalue weighted by Gasteiger charge is 2.28. The molecule has 0 bridgehead atoms. The summed E-state index contributed by atoms with van der Waals surface area (Å²) in [5.41, 5.74) is 6.27. The Kier molecular flexibility index (Phi) is 4.21. The van der Waals surface area contributed by atoms with Crippen LogP contribution in [-0.2, 0) is 10.0 Å². The Morgan fingerprint density at radius 3 is 2.80 bits per heavy atom. The summed E-state index contributed by atoms with van der Waals surface area (Å²) < 4.78 is 26.8. The van der Waals surface area contributed by atoms with Gasteiger partial charge in [-0.25, -0.2) is 12.7 Å². The van der Waals surface area contributed by atoms with Crippen LogP contribution in [0.5, 0.6) is 0 Å². The van der Waals surface area contributed by atoms with Crippen LogP contribution in [0.15, 0.2) is 34.2 Å². The van der Waals surface area contributed by atoms with Crippen molar-refractivity contribution in [1.82, 2.24) is 19.5 Å². The molecule has 25 heavy (non-hydrogen) atoms. The van der Waals surface area contributed by atoms with Crippen molar-refractivity contribution in [3.63, 3.8) is 0 Å². The molecule has 1 N–H and O–H groups in total. The van der Waals surface area contributed by atoms with Crippen LogP contribution in [0.3, 0.4) is 0 Å². The van der Waals surface area contributed by atoms with E-state index >= 15 is 0 Å². The zero-order valence-electron chi connectivity index (χ0n) is 13.9. The second-order valence-corrected chi connectivity index (χ2v) is 9.17. The molecule has 0 saturated carbocycles. The van der Waals surface area contributed by atoms with Gasteiger partial charge in [0.1, 0.15) is 0 Å². The Morgan fingerprint density at radius 1 is 1.32 bits per heavy atom. The Bertz CT molecular complexity index is 878. The van der Waals surface area contributed by atoms with E-state index in [1.165, 1.54) is 10.6 Å². The molecule has 1 aromatic heterocycles. The van der Waals surface area contributed by atoms with E-state index in [0.717, 1.165) is 41.0 Å². The largest absolute Gasteiger partial charge is 0.302 e. The second kappa shape index (κ2) is 6.26. The number of hydrogen-bond donors (Lipinski definition) is 1. The molecule has 9 heteroatoms. The lowest BCUT2D eigenvalue weighted by molar-refractivity contribution is 0.262. The van der Waals surface area contributed by atoms with Gasteiger partial charge in [-0.1, -0.05) is 11.6 Å². The van der Waals surface area contributed by atoms with Crippen LogP contribution in [-0.4, -0.2) is 54.1 Å². The fraction of sp³-hybridized carbons (Fsp3) is 0.500. The third kappa shape index (κ3) is 3.26. The molecular weight excluding hydrogens is 362 g/mol. The van der Waals surface area contributed by atoms with Crippen LogP contribution in [0.25, 0.3) is 5.57 Å². The maximum absolute atomic E-state index is 11.6. The summed E-state index contributed by atoms with van der Waals surface area (Å²) in [6.45, 7) is 1.08. The summed E-state index contributed by atoms with van der Waals surface area (Å²) in [6, 6.07) is 0.348. The maximum atomic E-state index is 11.6. The Labute approximate surface area is 152 Å². The van der Waals surface area contributed by atoms with Gasteiger partial charge >= 0.3 is 0 Å². The molecule has 0 aromatic carbocycles. The molecule has 0 amide bonds. The van der Waals surface area contributed by atoms with Gasteiger partial charge in [0.2, 0.25) is 10.0 Å². The first-order valence-electron chi connectivity index (χ1n) is 8.30. The van der Waals surface area contributed by atoms with Crippen LogP contribution in [0, 0.1) is 0 Å². The van der Waals surface area contributed by atoms with Crippen molar-refractivity contribution >= 4 is 33.4 Å². The fourth-order valence-corrected chi connectivity index (χ4v) is 4.77. The average molecular weight is 382 g/mol. The third-order valence-corrected chi connectivity index (χ3v) is 6.57. The predicted molar refractivity (Wildman–Crippen MR) is 97.8 cm³/mol. The zero-order valence-corrected chi connectivity index (χ0v) is 15.5. The zero-order chi connectivity index (χ0) is 17.6. The van der Waals surface area contributed by atoms with Gasteiger partial charge in [-0.2, -0.15) is 10.2 Å². The minimum Gasteiger partial charge on any atom is -0.302 e. The number of hydrogen-bond acceptors (Lipinski definition) is 5. The molecule has 0 radical (unpaired) electrons. The van der Waals surface area contributed by atoms with E-state index in [0.29, 0.717) is 13.1 Å². The van der Waals surface area contributed by atoms with Crippen molar-refractivity contribution in [2.45, 2.75) is 31.3 Å². The van der Waals surface area contributed by atoms with Crippen molar-refractivity contribution in [3.8, 4) is 0 Å². The summed E-state index contributed by atoms with van der Waals surface area (Å²) >= 11 is 6.28. The molecule has 4 rings (SSSR count). The van der Waals surface area contributed by atoms with E-state index in [9.17, 15) is 8.42 Å². The van der Waals surface area contributed by atoms with Gasteiger partial charge in [0.25, 0.3) is 0 Å². The normalized spacial score (nSPS) is 25.0. The molecule has 7 nitrogen and oxygen atoms in total. The van der Waals surface area contributed by atoms with Gasteiger partial charge in [0.15, 0.2) is 0 Å². The van der Waals surface area contributed by atoms with Gasteiger partial charge in [-0.15, -0.1) is 0 Å². The summed E-state index contributed by atoms with van der Waals surface area (Å²) in [6.07, 6.45) is 11.3. The first kappa shape index (κ1) is 16.8. The standard InChI is InChI=1S/C16H20ClN5O2S/c1-25(23,24)21-4-2-13(3-5-21)22-10-11(8-19-22)14-6-12(17)7-16-15(14)9-18-20-16/h6,8-10,13,16,20H,2-5,7H2,1H3. The minimum atomic E-state index is -3.11. The highest BCUT2D eigenvalue weighted by atomic mass is 35.5. The highest BCUT2D eigenvalue weighted by Crippen LogP contribution is 2.34. The average Bonchev–Trinajstić information content (AvgIpc) is 3.22. The van der Waals surface area contributed by atoms with Crippen molar-refractivity contribution in [1.29, 1.82) is 0 Å². The van der Waals surface area contributed by atoms with E-state index in [4.69, 9.17) is 11.6 Å². The molecule has 1 unspecified atom stereocenters. The first-order chi connectivity index (χ1) is 11.9. The van der Waals surface area contributed by atoms with Crippen LogP contribution < -0.4 is 5.43 Å². The minimum absolute atomic E-state index is 0.133. The number of sulfonamides is 1. The molecule has 134 valence electrons. The predicted octanol–water partition coefficient (Wildman–Crippen LogP) is 1.72. The number of rotatable bonds is 3. The van der Waals surface area contributed by atoms with Crippen molar-refractivity contribution in [2.75, 3.05) is 19.3 Å². The second-order valence-electron chi connectivity index (χ2n) is 6.71. The Hall–Kier alpha value is -1.64. The molecule has 1 aromatic rings. The van der Waals surface area contributed by atoms with E-state index in [-0.39, 0.29) is 12.1 Å². The smallest absolute Gasteiger partial charge is 0.211 e. The van der Waals surface area contributed by atoms with E-state index in [1.807, 2.05) is 29.4 Å². The van der Waals surface area contributed by atoms with Gasteiger partial charge < -0.3 is 5.43 Å². The van der Waals surface area contributed by atoms with E-state index in [1.54, 1.807) is 0 Å². The summed E-state index contributed by atoms with van der Waals surface area (Å²) in [4.78, 5) is 0. The molecule has 1 saturated heterocycles. The monoisotopic (exact) mass is 381 g/mol. The lowest BCUT2D eigenvalue weighted by Crippen LogP contribution is -2.38. The SMILES string of the molecule is CS(=O)(=O)N1CCC(n2cc(C3=C4C=NNC4CC(Cl)=C3)cn2)CC1. The number of piperidine rings is 1. The third-order valence-electron chi connectivity index (χ3n) is 5.00. The molecule has 3 aliphatic rings. The van der Waals surface area contributed by atoms with Gasteiger partial charge in [0.05, 0.1) is 30.8 Å². The number of fused-ring (bicyclic) bond motifs is 1. The molecule has 0 spiro atoms. The number of halogens is 1. The molecule has 1 fully saturated rings. The lowest BCUT2D eigenvalue weighted by Gasteiger charge is -2.30. The van der Waals surface area contributed by atoms with Crippen molar-refractivity contribution in [3.05, 3.63) is 34.6 Å². The topological polar surface area (TPSA) is 79.6 Å². The first-order valence-corrected chi connectivity index (χ1v) is 10.5. The quantitative estimate of drug-likeness (QED) is 0.864. The van der Waals surface area contributed by atoms with Crippen molar-refractivity contribution < 1.29 is 8.42 Å². The fourth-order valence-electron chi connectivity index (χ4n) is 3.63. The maximum Gasteiger partial charge on any atom is 0.211 e. The van der Waals surface area contributed by atoms with Gasteiger partial charge in [-0.3, -0.25) is 4.68 Å². The Balaban J connectivity index is 1.55. The highest BCUT2D eigenvalue weighted by molar-refractivity contribution is 7.88. The number of allylic oxidation sites excluding steroid dienone is 2. The van der Waals surface area contributed by atoms with E-state index in [2.05, 4.69) is 15.6 Å². The molecule has 2 aliphatic heterocycles. The van der Waals surface area contributed by atoms with Gasteiger partial charge in [-0.05, 0) is 24.5 Å². The van der Waals surface area contributed by atoms with E-state index < -0.39 is 10.0 Å². The van der Waals surface area contributed by atoms with Crippen molar-refractivity contribution in [2.24, 2.45) is 5.10 Å².